The maximum absolute atomic E-state index is 12.3. The van der Waals surface area contributed by atoms with Gasteiger partial charge < -0.3 is 10.2 Å². The molecule has 2 aromatic rings. The van der Waals surface area contributed by atoms with Gasteiger partial charge in [-0.15, -0.1) is 10.2 Å². The number of hydrogen-bond acceptors (Lipinski definition) is 5. The minimum Gasteiger partial charge on any atom is -0.341 e. The molecule has 0 radical (unpaired) electrons. The highest BCUT2D eigenvalue weighted by Gasteiger charge is 2.22. The van der Waals surface area contributed by atoms with E-state index in [0.29, 0.717) is 11.9 Å². The average Bonchev–Trinajstić information content (AvgIpc) is 3.04. The van der Waals surface area contributed by atoms with Gasteiger partial charge in [-0.2, -0.15) is 4.80 Å². The van der Waals surface area contributed by atoms with Gasteiger partial charge in [-0.05, 0) is 25.1 Å². The van der Waals surface area contributed by atoms with Gasteiger partial charge in [0.05, 0.1) is 0 Å². The quantitative estimate of drug-likeness (QED) is 0.892. The SMILES string of the molecule is CNC1CCN(C(=O)Cn2nnc(-c3ccccc3)n2)CC1. The topological polar surface area (TPSA) is 75.9 Å². The summed E-state index contributed by atoms with van der Waals surface area (Å²) in [7, 11) is 1.96. The van der Waals surface area contributed by atoms with E-state index in [-0.39, 0.29) is 12.5 Å². The molecule has 7 heteroatoms. The second-order valence-corrected chi connectivity index (χ2v) is 5.45. The summed E-state index contributed by atoms with van der Waals surface area (Å²) in [6.45, 7) is 1.71. The summed E-state index contributed by atoms with van der Waals surface area (Å²) in [6.07, 6.45) is 1.98. The lowest BCUT2D eigenvalue weighted by atomic mass is 10.1. The maximum atomic E-state index is 12.3. The van der Waals surface area contributed by atoms with Gasteiger partial charge in [-0.1, -0.05) is 30.3 Å². The fourth-order valence-electron chi connectivity index (χ4n) is 2.65. The molecule has 1 saturated heterocycles. The first-order valence-corrected chi connectivity index (χ1v) is 7.54. The van der Waals surface area contributed by atoms with Crippen molar-refractivity contribution in [2.45, 2.75) is 25.4 Å². The van der Waals surface area contributed by atoms with E-state index in [0.717, 1.165) is 31.5 Å². The first kappa shape index (κ1) is 14.6. The van der Waals surface area contributed by atoms with E-state index < -0.39 is 0 Å². The number of aromatic nitrogens is 4. The molecule has 0 saturated carbocycles. The molecule has 0 aliphatic carbocycles. The molecule has 7 nitrogen and oxygen atoms in total. The molecule has 1 aliphatic heterocycles. The molecule has 2 heterocycles. The van der Waals surface area contributed by atoms with Crippen molar-refractivity contribution in [1.82, 2.24) is 30.4 Å². The van der Waals surface area contributed by atoms with Crippen LogP contribution in [0.5, 0.6) is 0 Å². The molecule has 1 fully saturated rings. The Morgan fingerprint density at radius 3 is 2.68 bits per heavy atom. The summed E-state index contributed by atoms with van der Waals surface area (Å²) in [5.41, 5.74) is 0.899. The summed E-state index contributed by atoms with van der Waals surface area (Å²) in [4.78, 5) is 15.5. The molecule has 0 unspecified atom stereocenters. The van der Waals surface area contributed by atoms with E-state index in [4.69, 9.17) is 0 Å². The van der Waals surface area contributed by atoms with E-state index >= 15 is 0 Å². The summed E-state index contributed by atoms with van der Waals surface area (Å²) in [6, 6.07) is 10.1. The highest BCUT2D eigenvalue weighted by molar-refractivity contribution is 5.75. The van der Waals surface area contributed by atoms with Crippen LogP contribution in [-0.4, -0.2) is 57.2 Å². The van der Waals surface area contributed by atoms with Crippen molar-refractivity contribution in [3.63, 3.8) is 0 Å². The molecule has 0 spiro atoms. The van der Waals surface area contributed by atoms with Crippen LogP contribution in [0.4, 0.5) is 0 Å². The molecule has 1 aliphatic rings. The minimum absolute atomic E-state index is 0.0477. The second-order valence-electron chi connectivity index (χ2n) is 5.45. The van der Waals surface area contributed by atoms with E-state index in [9.17, 15) is 4.79 Å². The highest BCUT2D eigenvalue weighted by Crippen LogP contribution is 2.13. The molecular weight excluding hydrogens is 280 g/mol. The zero-order valence-electron chi connectivity index (χ0n) is 12.6. The van der Waals surface area contributed by atoms with Crippen LogP contribution in [0.2, 0.25) is 0 Å². The Labute approximate surface area is 129 Å². The third kappa shape index (κ3) is 3.30. The van der Waals surface area contributed by atoms with Crippen molar-refractivity contribution < 1.29 is 4.79 Å². The molecule has 0 atom stereocenters. The standard InChI is InChI=1S/C15H20N6O/c1-16-13-7-9-20(10-8-13)14(22)11-21-18-15(17-19-21)12-5-3-2-4-6-12/h2-6,13,16H,7-11H2,1H3. The first-order valence-electron chi connectivity index (χ1n) is 7.54. The van der Waals surface area contributed by atoms with Gasteiger partial charge in [0.25, 0.3) is 0 Å². The van der Waals surface area contributed by atoms with Crippen LogP contribution >= 0.6 is 0 Å². The van der Waals surface area contributed by atoms with Gasteiger partial charge in [0, 0.05) is 24.7 Å². The van der Waals surface area contributed by atoms with Gasteiger partial charge >= 0.3 is 0 Å². The Kier molecular flexibility index (Phi) is 4.43. The molecule has 22 heavy (non-hydrogen) atoms. The van der Waals surface area contributed by atoms with E-state index in [1.165, 1.54) is 4.80 Å². The van der Waals surface area contributed by atoms with Crippen LogP contribution in [0.25, 0.3) is 11.4 Å². The molecule has 3 rings (SSSR count). The Morgan fingerprint density at radius 2 is 2.00 bits per heavy atom. The smallest absolute Gasteiger partial charge is 0.246 e. The van der Waals surface area contributed by atoms with Crippen molar-refractivity contribution in [2.75, 3.05) is 20.1 Å². The van der Waals surface area contributed by atoms with E-state index in [2.05, 4.69) is 20.7 Å². The lowest BCUT2D eigenvalue weighted by molar-refractivity contribution is -0.133. The summed E-state index contributed by atoms with van der Waals surface area (Å²) >= 11 is 0. The summed E-state index contributed by atoms with van der Waals surface area (Å²) in [5.74, 6) is 0.592. The lowest BCUT2D eigenvalue weighted by Crippen LogP contribution is -2.45. The fraction of sp³-hybridized carbons (Fsp3) is 0.467. The zero-order valence-corrected chi connectivity index (χ0v) is 12.6. The number of likely N-dealkylation sites (tertiary alicyclic amines) is 1. The van der Waals surface area contributed by atoms with Crippen LogP contribution < -0.4 is 5.32 Å². The molecule has 1 N–H and O–H groups in total. The molecule has 116 valence electrons. The van der Waals surface area contributed by atoms with Crippen molar-refractivity contribution in [1.29, 1.82) is 0 Å². The fourth-order valence-corrected chi connectivity index (χ4v) is 2.65. The second kappa shape index (κ2) is 6.65. The minimum atomic E-state index is 0.0477. The number of nitrogens with one attached hydrogen (secondary N) is 1. The highest BCUT2D eigenvalue weighted by atomic mass is 16.2. The largest absolute Gasteiger partial charge is 0.341 e. The van der Waals surface area contributed by atoms with Crippen molar-refractivity contribution in [2.24, 2.45) is 0 Å². The summed E-state index contributed by atoms with van der Waals surface area (Å²) < 4.78 is 0. The molecule has 1 amide bonds. The van der Waals surface area contributed by atoms with Crippen molar-refractivity contribution in [3.8, 4) is 11.4 Å². The number of benzene rings is 1. The Bertz CT molecular complexity index is 618. The lowest BCUT2D eigenvalue weighted by Gasteiger charge is -2.31. The third-order valence-electron chi connectivity index (χ3n) is 4.02. The van der Waals surface area contributed by atoms with Crippen molar-refractivity contribution in [3.05, 3.63) is 30.3 Å². The van der Waals surface area contributed by atoms with Gasteiger partial charge in [0.2, 0.25) is 11.7 Å². The molecule has 0 bridgehead atoms. The van der Waals surface area contributed by atoms with Crippen LogP contribution in [0.3, 0.4) is 0 Å². The number of rotatable bonds is 4. The predicted octanol–water partition coefficient (Wildman–Crippen LogP) is 0.550. The van der Waals surface area contributed by atoms with E-state index in [1.807, 2.05) is 42.3 Å². The number of hydrogen-bond donors (Lipinski definition) is 1. The van der Waals surface area contributed by atoms with Crippen LogP contribution in [0.15, 0.2) is 30.3 Å². The monoisotopic (exact) mass is 300 g/mol. The maximum Gasteiger partial charge on any atom is 0.246 e. The van der Waals surface area contributed by atoms with Gasteiger partial charge in [-0.25, -0.2) is 0 Å². The van der Waals surface area contributed by atoms with Crippen LogP contribution in [0.1, 0.15) is 12.8 Å². The molecule has 1 aromatic heterocycles. The Hall–Kier alpha value is -2.28. The van der Waals surface area contributed by atoms with Gasteiger partial charge in [-0.3, -0.25) is 4.79 Å². The number of tetrazole rings is 1. The number of carbonyl (C=O) groups excluding carboxylic acids is 1. The normalized spacial score (nSPS) is 16.0. The number of carbonyl (C=O) groups is 1. The first-order chi connectivity index (χ1) is 10.8. The van der Waals surface area contributed by atoms with Crippen LogP contribution in [-0.2, 0) is 11.3 Å². The number of piperidine rings is 1. The third-order valence-corrected chi connectivity index (χ3v) is 4.02. The molecule has 1 aromatic carbocycles. The van der Waals surface area contributed by atoms with Gasteiger partial charge in [0.1, 0.15) is 6.54 Å². The summed E-state index contributed by atoms with van der Waals surface area (Å²) in [5, 5.41) is 15.5. The van der Waals surface area contributed by atoms with Crippen LogP contribution in [0, 0.1) is 0 Å². The Balaban J connectivity index is 1.60. The van der Waals surface area contributed by atoms with Gasteiger partial charge in [0.15, 0.2) is 0 Å². The van der Waals surface area contributed by atoms with Crippen molar-refractivity contribution >= 4 is 5.91 Å². The zero-order chi connectivity index (χ0) is 15.4. The number of amides is 1. The van der Waals surface area contributed by atoms with E-state index in [1.54, 1.807) is 0 Å². The number of nitrogens with zero attached hydrogens (tertiary/aromatic N) is 5. The Morgan fingerprint density at radius 1 is 1.27 bits per heavy atom. The average molecular weight is 300 g/mol. The molecular formula is C15H20N6O. The predicted molar refractivity (Wildman–Crippen MR) is 81.9 cm³/mol.